The zero-order valence-corrected chi connectivity index (χ0v) is 17.4. The Hall–Kier alpha value is -3.04. The highest BCUT2D eigenvalue weighted by Gasteiger charge is 2.23. The molecule has 3 aromatic rings. The summed E-state index contributed by atoms with van der Waals surface area (Å²) in [6, 6.07) is 9.85. The lowest BCUT2D eigenvalue weighted by molar-refractivity contribution is 0.0949. The van der Waals surface area contributed by atoms with E-state index in [1.807, 2.05) is 0 Å². The number of aromatic nitrogens is 1. The maximum atomic E-state index is 13.0. The molecule has 158 valence electrons. The molecule has 0 fully saturated rings. The fourth-order valence-electron chi connectivity index (χ4n) is 3.12. The van der Waals surface area contributed by atoms with Crippen molar-refractivity contribution in [3.63, 3.8) is 0 Å². The molecular weight excluding hydrogens is 409 g/mol. The lowest BCUT2D eigenvalue weighted by atomic mass is 10.1. The van der Waals surface area contributed by atoms with E-state index in [1.54, 1.807) is 13.8 Å². The number of carbonyl (C=O) groups excluding carboxylic acids is 1. The highest BCUT2D eigenvalue weighted by atomic mass is 32.2. The van der Waals surface area contributed by atoms with Crippen LogP contribution in [0.4, 0.5) is 4.39 Å². The van der Waals surface area contributed by atoms with Crippen LogP contribution >= 0.6 is 0 Å². The quantitative estimate of drug-likeness (QED) is 0.601. The number of nitrogens with zero attached hydrogens (tertiary/aromatic N) is 1. The van der Waals surface area contributed by atoms with Gasteiger partial charge in [-0.15, -0.1) is 0 Å². The molecule has 30 heavy (non-hydrogen) atoms. The molecule has 2 N–H and O–H groups in total. The first-order valence-electron chi connectivity index (χ1n) is 9.46. The summed E-state index contributed by atoms with van der Waals surface area (Å²) in [5.74, 6) is -0.994. The van der Waals surface area contributed by atoms with Crippen LogP contribution in [-0.2, 0) is 16.6 Å². The van der Waals surface area contributed by atoms with E-state index in [4.69, 9.17) is 0 Å². The van der Waals surface area contributed by atoms with E-state index >= 15 is 0 Å². The van der Waals surface area contributed by atoms with Gasteiger partial charge in [0.2, 0.25) is 15.5 Å². The van der Waals surface area contributed by atoms with Crippen LogP contribution in [0.3, 0.4) is 0 Å². The maximum absolute atomic E-state index is 13.0. The Morgan fingerprint density at radius 3 is 2.40 bits per heavy atom. The molecule has 2 aromatic carbocycles. The normalized spacial score (nSPS) is 11.7. The smallest absolute Gasteiger partial charge is 0.257 e. The first-order chi connectivity index (χ1) is 14.3. The van der Waals surface area contributed by atoms with Crippen LogP contribution in [0, 0.1) is 5.82 Å². The number of halogens is 1. The van der Waals surface area contributed by atoms with Gasteiger partial charge < -0.3 is 10.3 Å². The molecule has 0 aliphatic carbocycles. The highest BCUT2D eigenvalue weighted by Crippen LogP contribution is 2.19. The summed E-state index contributed by atoms with van der Waals surface area (Å²) in [6.07, 6.45) is 1.29. The van der Waals surface area contributed by atoms with Crippen molar-refractivity contribution in [2.24, 2.45) is 0 Å². The van der Waals surface area contributed by atoms with E-state index in [9.17, 15) is 22.4 Å². The van der Waals surface area contributed by atoms with Crippen LogP contribution in [0.2, 0.25) is 0 Å². The van der Waals surface area contributed by atoms with Crippen molar-refractivity contribution in [3.05, 3.63) is 75.8 Å². The van der Waals surface area contributed by atoms with Crippen LogP contribution in [0.15, 0.2) is 58.4 Å². The van der Waals surface area contributed by atoms with Crippen molar-refractivity contribution in [3.8, 4) is 0 Å². The minimum Gasteiger partial charge on any atom is -0.360 e. The molecular formula is C21H22FN3O4S. The Balaban J connectivity index is 1.93. The van der Waals surface area contributed by atoms with Crippen LogP contribution in [0.1, 0.15) is 29.8 Å². The van der Waals surface area contributed by atoms with Gasteiger partial charge in [0.1, 0.15) is 11.4 Å². The lowest BCUT2D eigenvalue weighted by Gasteiger charge is -2.18. The van der Waals surface area contributed by atoms with Gasteiger partial charge in [-0.1, -0.05) is 26.0 Å². The molecule has 0 radical (unpaired) electrons. The summed E-state index contributed by atoms with van der Waals surface area (Å²) in [6.45, 7) is 4.20. The van der Waals surface area contributed by atoms with E-state index in [0.29, 0.717) is 24.2 Å². The molecule has 0 spiro atoms. The Morgan fingerprint density at radius 2 is 1.77 bits per heavy atom. The van der Waals surface area contributed by atoms with Crippen LogP contribution in [-0.4, -0.2) is 36.7 Å². The predicted octanol–water partition coefficient (Wildman–Crippen LogP) is 2.63. The molecule has 3 rings (SSSR count). The van der Waals surface area contributed by atoms with Gasteiger partial charge in [-0.05, 0) is 35.9 Å². The Kier molecular flexibility index (Phi) is 6.33. The van der Waals surface area contributed by atoms with Crippen molar-refractivity contribution in [1.29, 1.82) is 0 Å². The van der Waals surface area contributed by atoms with Crippen LogP contribution in [0.5, 0.6) is 0 Å². The van der Waals surface area contributed by atoms with Gasteiger partial charge in [0.25, 0.3) is 5.91 Å². The second-order valence-corrected chi connectivity index (χ2v) is 8.58. The summed E-state index contributed by atoms with van der Waals surface area (Å²) in [4.78, 5) is 28.2. The molecule has 7 nitrogen and oxygen atoms in total. The van der Waals surface area contributed by atoms with Crippen LogP contribution in [0.25, 0.3) is 10.9 Å². The van der Waals surface area contributed by atoms with Crippen LogP contribution < -0.4 is 10.7 Å². The standard InChI is InChI=1S/C21H22FN3O4S/c1-3-25(4-2)30(28,29)16-9-10-19-17(11-16)20(26)18(13-23-19)21(27)24-12-14-5-7-15(22)8-6-14/h5-11,13H,3-4,12H2,1-2H3,(H,23,26)(H,24,27). The molecule has 0 bridgehead atoms. The summed E-state index contributed by atoms with van der Waals surface area (Å²) >= 11 is 0. The molecule has 1 aromatic heterocycles. The SMILES string of the molecule is CCN(CC)S(=O)(=O)c1ccc2[nH]cc(C(=O)NCc3ccc(F)cc3)c(=O)c2c1. The maximum Gasteiger partial charge on any atom is 0.257 e. The number of amides is 1. The Morgan fingerprint density at radius 1 is 1.10 bits per heavy atom. The zero-order valence-electron chi connectivity index (χ0n) is 16.6. The van der Waals surface area contributed by atoms with Crippen molar-refractivity contribution >= 4 is 26.8 Å². The molecule has 0 saturated heterocycles. The molecule has 9 heteroatoms. The predicted molar refractivity (Wildman–Crippen MR) is 112 cm³/mol. The lowest BCUT2D eigenvalue weighted by Crippen LogP contribution is -2.31. The molecule has 0 aliphatic heterocycles. The van der Waals surface area contributed by atoms with E-state index in [0.717, 1.165) is 0 Å². The van der Waals surface area contributed by atoms with Gasteiger partial charge in [0, 0.05) is 36.7 Å². The number of carbonyl (C=O) groups is 1. The first-order valence-corrected chi connectivity index (χ1v) is 10.9. The van der Waals surface area contributed by atoms with Gasteiger partial charge in [0.15, 0.2) is 0 Å². The number of pyridine rings is 1. The number of sulfonamides is 1. The number of hydrogen-bond acceptors (Lipinski definition) is 4. The topological polar surface area (TPSA) is 99.3 Å². The zero-order chi connectivity index (χ0) is 21.9. The van der Waals surface area contributed by atoms with Gasteiger partial charge >= 0.3 is 0 Å². The molecule has 0 saturated carbocycles. The van der Waals surface area contributed by atoms with E-state index < -0.39 is 21.4 Å². The van der Waals surface area contributed by atoms with Crippen molar-refractivity contribution in [2.45, 2.75) is 25.3 Å². The average Bonchev–Trinajstić information content (AvgIpc) is 2.74. The number of hydrogen-bond donors (Lipinski definition) is 2. The van der Waals surface area contributed by atoms with Crippen molar-refractivity contribution in [1.82, 2.24) is 14.6 Å². The summed E-state index contributed by atoms with van der Waals surface area (Å²) in [5.41, 5.74) is 0.391. The average molecular weight is 431 g/mol. The van der Waals surface area contributed by atoms with E-state index in [2.05, 4.69) is 10.3 Å². The number of fused-ring (bicyclic) bond motifs is 1. The second kappa shape index (κ2) is 8.76. The Bertz CT molecular complexity index is 1230. The highest BCUT2D eigenvalue weighted by molar-refractivity contribution is 7.89. The number of nitrogens with one attached hydrogen (secondary N) is 2. The van der Waals surface area contributed by atoms with Gasteiger partial charge in [-0.25, -0.2) is 12.8 Å². The fourth-order valence-corrected chi connectivity index (χ4v) is 4.60. The monoisotopic (exact) mass is 431 g/mol. The van der Waals surface area contributed by atoms with Gasteiger partial charge in [-0.2, -0.15) is 4.31 Å². The summed E-state index contributed by atoms with van der Waals surface area (Å²) < 4.78 is 39.8. The second-order valence-electron chi connectivity index (χ2n) is 6.64. The molecule has 0 aliphatic rings. The van der Waals surface area contributed by atoms with Gasteiger partial charge in [0.05, 0.1) is 4.90 Å². The number of aromatic amines is 1. The fraction of sp³-hybridized carbons (Fsp3) is 0.238. The largest absolute Gasteiger partial charge is 0.360 e. The summed E-state index contributed by atoms with van der Waals surface area (Å²) in [5, 5.41) is 2.72. The molecule has 0 atom stereocenters. The third-order valence-corrected chi connectivity index (χ3v) is 6.85. The van der Waals surface area contributed by atoms with Gasteiger partial charge in [-0.3, -0.25) is 9.59 Å². The molecule has 1 amide bonds. The number of H-pyrrole nitrogens is 1. The molecule has 0 unspecified atom stereocenters. The Labute approximate surface area is 173 Å². The first kappa shape index (κ1) is 21.7. The minimum atomic E-state index is -3.74. The third-order valence-electron chi connectivity index (χ3n) is 4.81. The van der Waals surface area contributed by atoms with E-state index in [1.165, 1.54) is 53.0 Å². The van der Waals surface area contributed by atoms with Crippen molar-refractivity contribution < 1.29 is 17.6 Å². The van der Waals surface area contributed by atoms with Crippen molar-refractivity contribution in [2.75, 3.05) is 13.1 Å². The minimum absolute atomic E-state index is 0.00642. The molecule has 1 heterocycles. The van der Waals surface area contributed by atoms with E-state index in [-0.39, 0.29) is 28.2 Å². The third kappa shape index (κ3) is 4.27. The summed E-state index contributed by atoms with van der Waals surface area (Å²) in [7, 11) is -3.74. The number of rotatable bonds is 7. The number of benzene rings is 2.